The minimum atomic E-state index is -0.125. The van der Waals surface area contributed by atoms with Gasteiger partial charge in [-0.25, -0.2) is 4.79 Å². The Hall–Kier alpha value is -0.770. The van der Waals surface area contributed by atoms with E-state index in [0.717, 1.165) is 26.1 Å². The molecule has 2 fully saturated rings. The highest BCUT2D eigenvalue weighted by atomic mass is 16.6. The molecule has 0 saturated carbocycles. The first-order valence-electron chi connectivity index (χ1n) is 5.82. The molecule has 2 heterocycles. The average Bonchev–Trinajstić information content (AvgIpc) is 2.74. The molecular weight excluding hydrogens is 192 g/mol. The zero-order chi connectivity index (χ0) is 10.8. The summed E-state index contributed by atoms with van der Waals surface area (Å²) in [4.78, 5) is 13.7. The Morgan fingerprint density at radius 3 is 3.07 bits per heavy atom. The van der Waals surface area contributed by atoms with Crippen molar-refractivity contribution in [3.63, 3.8) is 0 Å². The number of fused-ring (bicyclic) bond motifs is 1. The van der Waals surface area contributed by atoms with E-state index in [1.807, 2.05) is 4.90 Å². The van der Waals surface area contributed by atoms with Crippen LogP contribution in [0, 0.1) is 11.8 Å². The first kappa shape index (κ1) is 10.7. The molecule has 4 nitrogen and oxygen atoms in total. The Morgan fingerprint density at radius 2 is 2.33 bits per heavy atom. The molecule has 2 rings (SSSR count). The van der Waals surface area contributed by atoms with E-state index in [2.05, 4.69) is 19.2 Å². The number of nitrogens with zero attached hydrogens (tertiary/aromatic N) is 1. The van der Waals surface area contributed by atoms with Crippen LogP contribution in [-0.2, 0) is 4.74 Å². The molecule has 0 radical (unpaired) electrons. The predicted octanol–water partition coefficient (Wildman–Crippen LogP) is 1.07. The lowest BCUT2D eigenvalue weighted by molar-refractivity contribution is 0.0883. The molecule has 0 spiro atoms. The van der Waals surface area contributed by atoms with Crippen LogP contribution in [0.1, 0.15) is 20.3 Å². The maximum absolute atomic E-state index is 11.8. The van der Waals surface area contributed by atoms with Crippen LogP contribution in [0.3, 0.4) is 0 Å². The molecule has 0 bridgehead atoms. The van der Waals surface area contributed by atoms with Gasteiger partial charge in [0.1, 0.15) is 0 Å². The molecule has 2 atom stereocenters. The van der Waals surface area contributed by atoms with Crippen molar-refractivity contribution in [3.8, 4) is 0 Å². The summed E-state index contributed by atoms with van der Waals surface area (Å²) in [5, 5.41) is 3.32. The highest BCUT2D eigenvalue weighted by molar-refractivity contribution is 5.68. The van der Waals surface area contributed by atoms with Crippen molar-refractivity contribution >= 4 is 6.09 Å². The zero-order valence-corrected chi connectivity index (χ0v) is 9.53. The SMILES string of the molecule is CC(C)COC(=O)N1CC[C@H]2CNC[C@H]21. The fourth-order valence-corrected chi connectivity index (χ4v) is 2.40. The number of hydrogen-bond donors (Lipinski definition) is 1. The van der Waals surface area contributed by atoms with Gasteiger partial charge in [-0.15, -0.1) is 0 Å². The number of ether oxygens (including phenoxy) is 1. The number of carbonyl (C=O) groups is 1. The Kier molecular flexibility index (Phi) is 3.14. The molecule has 2 aliphatic heterocycles. The van der Waals surface area contributed by atoms with E-state index < -0.39 is 0 Å². The number of carbonyl (C=O) groups excluding carboxylic acids is 1. The van der Waals surface area contributed by atoms with E-state index in [1.165, 1.54) is 0 Å². The average molecular weight is 212 g/mol. The molecule has 15 heavy (non-hydrogen) atoms. The van der Waals surface area contributed by atoms with Crippen molar-refractivity contribution < 1.29 is 9.53 Å². The van der Waals surface area contributed by atoms with Gasteiger partial charge in [-0.3, -0.25) is 0 Å². The van der Waals surface area contributed by atoms with Gasteiger partial charge >= 0.3 is 6.09 Å². The van der Waals surface area contributed by atoms with Gasteiger partial charge in [0.15, 0.2) is 0 Å². The van der Waals surface area contributed by atoms with Crippen molar-refractivity contribution in [1.29, 1.82) is 0 Å². The molecular formula is C11H20N2O2. The summed E-state index contributed by atoms with van der Waals surface area (Å²) < 4.78 is 5.25. The highest BCUT2D eigenvalue weighted by Gasteiger charge is 2.40. The van der Waals surface area contributed by atoms with Crippen LogP contribution < -0.4 is 5.32 Å². The number of nitrogens with one attached hydrogen (secondary N) is 1. The lowest BCUT2D eigenvalue weighted by atomic mass is 10.1. The lowest BCUT2D eigenvalue weighted by Crippen LogP contribution is -2.39. The van der Waals surface area contributed by atoms with Gasteiger partial charge in [-0.1, -0.05) is 13.8 Å². The van der Waals surface area contributed by atoms with E-state index in [0.29, 0.717) is 24.5 Å². The van der Waals surface area contributed by atoms with Gasteiger partial charge in [-0.05, 0) is 18.3 Å². The quantitative estimate of drug-likeness (QED) is 0.744. The summed E-state index contributed by atoms with van der Waals surface area (Å²) in [5.74, 6) is 1.06. The van der Waals surface area contributed by atoms with Crippen LogP contribution in [0.2, 0.25) is 0 Å². The second-order valence-electron chi connectivity index (χ2n) is 4.94. The molecule has 86 valence electrons. The third-order valence-corrected chi connectivity index (χ3v) is 3.22. The van der Waals surface area contributed by atoms with Gasteiger partial charge in [0.25, 0.3) is 0 Å². The monoisotopic (exact) mass is 212 g/mol. The molecule has 1 N–H and O–H groups in total. The van der Waals surface area contributed by atoms with E-state index in [4.69, 9.17) is 4.74 Å². The Bertz CT molecular complexity index is 243. The first-order valence-corrected chi connectivity index (χ1v) is 5.82. The fourth-order valence-electron chi connectivity index (χ4n) is 2.40. The Morgan fingerprint density at radius 1 is 1.53 bits per heavy atom. The molecule has 0 aromatic rings. The first-order chi connectivity index (χ1) is 7.18. The van der Waals surface area contributed by atoms with E-state index in [9.17, 15) is 4.79 Å². The van der Waals surface area contributed by atoms with Crippen LogP contribution in [0.4, 0.5) is 4.79 Å². The molecule has 0 aromatic heterocycles. The minimum absolute atomic E-state index is 0.125. The second-order valence-corrected chi connectivity index (χ2v) is 4.94. The topological polar surface area (TPSA) is 41.6 Å². The minimum Gasteiger partial charge on any atom is -0.449 e. The van der Waals surface area contributed by atoms with E-state index in [-0.39, 0.29) is 6.09 Å². The van der Waals surface area contributed by atoms with Crippen molar-refractivity contribution in [2.24, 2.45) is 11.8 Å². The summed E-state index contributed by atoms with van der Waals surface area (Å²) in [7, 11) is 0. The number of amides is 1. The molecule has 0 aliphatic carbocycles. The van der Waals surface area contributed by atoms with E-state index in [1.54, 1.807) is 0 Å². The molecule has 0 unspecified atom stereocenters. The van der Waals surface area contributed by atoms with Crippen molar-refractivity contribution in [3.05, 3.63) is 0 Å². The normalized spacial score (nSPS) is 29.7. The smallest absolute Gasteiger partial charge is 0.410 e. The van der Waals surface area contributed by atoms with Gasteiger partial charge in [0, 0.05) is 19.6 Å². The van der Waals surface area contributed by atoms with Crippen LogP contribution in [-0.4, -0.2) is 43.3 Å². The zero-order valence-electron chi connectivity index (χ0n) is 9.53. The summed E-state index contributed by atoms with van der Waals surface area (Å²) in [6, 6.07) is 0.379. The van der Waals surface area contributed by atoms with Gasteiger partial charge in [-0.2, -0.15) is 0 Å². The van der Waals surface area contributed by atoms with E-state index >= 15 is 0 Å². The number of likely N-dealkylation sites (tertiary alicyclic amines) is 1. The largest absolute Gasteiger partial charge is 0.449 e. The molecule has 1 amide bonds. The third-order valence-electron chi connectivity index (χ3n) is 3.22. The van der Waals surface area contributed by atoms with Crippen molar-refractivity contribution in [2.45, 2.75) is 26.3 Å². The van der Waals surface area contributed by atoms with Crippen LogP contribution in [0.15, 0.2) is 0 Å². The fraction of sp³-hybridized carbons (Fsp3) is 0.909. The Balaban J connectivity index is 1.85. The molecule has 2 saturated heterocycles. The third kappa shape index (κ3) is 2.25. The van der Waals surface area contributed by atoms with Gasteiger partial charge < -0.3 is 15.0 Å². The molecule has 4 heteroatoms. The maximum Gasteiger partial charge on any atom is 0.410 e. The highest BCUT2D eigenvalue weighted by Crippen LogP contribution is 2.27. The predicted molar refractivity (Wildman–Crippen MR) is 57.7 cm³/mol. The van der Waals surface area contributed by atoms with Crippen molar-refractivity contribution in [1.82, 2.24) is 10.2 Å². The van der Waals surface area contributed by atoms with Crippen LogP contribution >= 0.6 is 0 Å². The maximum atomic E-state index is 11.8. The number of rotatable bonds is 2. The van der Waals surface area contributed by atoms with Crippen molar-refractivity contribution in [2.75, 3.05) is 26.2 Å². The summed E-state index contributed by atoms with van der Waals surface area (Å²) >= 11 is 0. The summed E-state index contributed by atoms with van der Waals surface area (Å²) in [6.07, 6.45) is 0.994. The molecule has 0 aromatic carbocycles. The van der Waals surface area contributed by atoms with Crippen LogP contribution in [0.5, 0.6) is 0 Å². The second kappa shape index (κ2) is 4.39. The summed E-state index contributed by atoms with van der Waals surface area (Å²) in [5.41, 5.74) is 0. The Labute approximate surface area is 91.0 Å². The van der Waals surface area contributed by atoms with Gasteiger partial charge in [0.2, 0.25) is 0 Å². The van der Waals surface area contributed by atoms with Gasteiger partial charge in [0.05, 0.1) is 12.6 Å². The number of hydrogen-bond acceptors (Lipinski definition) is 3. The molecule has 2 aliphatic rings. The summed E-state index contributed by atoms with van der Waals surface area (Å²) in [6.45, 7) is 7.49. The standard InChI is InChI=1S/C11H20N2O2/c1-8(2)7-15-11(14)13-4-3-9-5-12-6-10(9)13/h8-10,12H,3-7H2,1-2H3/t9-,10+/m0/s1. The van der Waals surface area contributed by atoms with Crippen LogP contribution in [0.25, 0.3) is 0 Å². The lowest BCUT2D eigenvalue weighted by Gasteiger charge is -2.23.